The summed E-state index contributed by atoms with van der Waals surface area (Å²) in [5.74, 6) is -0.945. The number of aryl methyl sites for hydroxylation is 1. The van der Waals surface area contributed by atoms with Crippen molar-refractivity contribution in [2.75, 3.05) is 6.54 Å². The Morgan fingerprint density at radius 3 is 2.79 bits per heavy atom. The van der Waals surface area contributed by atoms with Crippen LogP contribution in [0.1, 0.15) is 34.5 Å². The number of carbonyl (C=O) groups is 2. The number of carbonyl (C=O) groups excluding carboxylic acids is 1. The summed E-state index contributed by atoms with van der Waals surface area (Å²) in [6, 6.07) is 0.248. The Hall–Kier alpha value is -2.04. The van der Waals surface area contributed by atoms with E-state index >= 15 is 0 Å². The SMILES string of the molecule is C=CCN(C(=O)c1c(C)coc1CC(=O)O)C1CC1. The molecule has 0 aromatic carbocycles. The van der Waals surface area contributed by atoms with Crippen LogP contribution in [0.5, 0.6) is 0 Å². The molecule has 0 radical (unpaired) electrons. The van der Waals surface area contributed by atoms with E-state index in [9.17, 15) is 9.59 Å². The maximum absolute atomic E-state index is 12.5. The molecule has 1 aliphatic carbocycles. The van der Waals surface area contributed by atoms with Crippen molar-refractivity contribution in [3.8, 4) is 0 Å². The van der Waals surface area contributed by atoms with Crippen LogP contribution in [-0.4, -0.2) is 34.5 Å². The first-order valence-electron chi connectivity index (χ1n) is 6.25. The Labute approximate surface area is 111 Å². The molecular weight excluding hydrogens is 246 g/mol. The van der Waals surface area contributed by atoms with E-state index in [2.05, 4.69) is 6.58 Å². The van der Waals surface area contributed by atoms with Crippen LogP contribution >= 0.6 is 0 Å². The molecule has 1 aliphatic rings. The minimum absolute atomic E-state index is 0.162. The van der Waals surface area contributed by atoms with Gasteiger partial charge in [0.1, 0.15) is 12.2 Å². The lowest BCUT2D eigenvalue weighted by Crippen LogP contribution is -2.34. The maximum atomic E-state index is 12.5. The molecule has 0 aliphatic heterocycles. The Morgan fingerprint density at radius 2 is 2.26 bits per heavy atom. The van der Waals surface area contributed by atoms with Gasteiger partial charge in [-0.2, -0.15) is 0 Å². The molecule has 5 nitrogen and oxygen atoms in total. The molecule has 1 aromatic heterocycles. The molecule has 102 valence electrons. The van der Waals surface area contributed by atoms with Gasteiger partial charge in [0.05, 0.1) is 11.8 Å². The summed E-state index contributed by atoms with van der Waals surface area (Å²) >= 11 is 0. The number of aliphatic carboxylic acids is 1. The summed E-state index contributed by atoms with van der Waals surface area (Å²) in [5.41, 5.74) is 1.06. The Kier molecular flexibility index (Phi) is 3.74. The number of carboxylic acid groups (broad SMARTS) is 1. The van der Waals surface area contributed by atoms with E-state index in [1.807, 2.05) is 0 Å². The Balaban J connectivity index is 2.28. The molecule has 0 atom stereocenters. The van der Waals surface area contributed by atoms with Crippen molar-refractivity contribution in [3.63, 3.8) is 0 Å². The van der Waals surface area contributed by atoms with Crippen LogP contribution in [0.4, 0.5) is 0 Å². The summed E-state index contributed by atoms with van der Waals surface area (Å²) < 4.78 is 5.20. The number of furan rings is 1. The molecule has 1 N–H and O–H groups in total. The Morgan fingerprint density at radius 1 is 1.58 bits per heavy atom. The van der Waals surface area contributed by atoms with Gasteiger partial charge >= 0.3 is 5.97 Å². The van der Waals surface area contributed by atoms with Crippen LogP contribution in [-0.2, 0) is 11.2 Å². The van der Waals surface area contributed by atoms with Crippen molar-refractivity contribution < 1.29 is 19.1 Å². The van der Waals surface area contributed by atoms with Crippen molar-refractivity contribution in [2.24, 2.45) is 0 Å². The average molecular weight is 263 g/mol. The topological polar surface area (TPSA) is 70.8 Å². The predicted octanol–water partition coefficient (Wildman–Crippen LogP) is 2.01. The third-order valence-electron chi connectivity index (χ3n) is 3.15. The van der Waals surface area contributed by atoms with Gasteiger partial charge in [0.15, 0.2) is 0 Å². The molecule has 0 spiro atoms. The third kappa shape index (κ3) is 2.86. The lowest BCUT2D eigenvalue weighted by atomic mass is 10.1. The van der Waals surface area contributed by atoms with Crippen molar-refractivity contribution in [1.82, 2.24) is 4.90 Å². The standard InChI is InChI=1S/C14H17NO4/c1-3-6-15(10-4-5-10)14(18)13-9(2)8-19-11(13)7-12(16)17/h3,8,10H,1,4-7H2,2H3,(H,16,17). The molecule has 0 bridgehead atoms. The fraction of sp³-hybridized carbons (Fsp3) is 0.429. The fourth-order valence-electron chi connectivity index (χ4n) is 2.12. The van der Waals surface area contributed by atoms with Crippen LogP contribution in [0.25, 0.3) is 0 Å². The molecule has 1 amide bonds. The van der Waals surface area contributed by atoms with Crippen LogP contribution in [0.2, 0.25) is 0 Å². The van der Waals surface area contributed by atoms with E-state index in [0.29, 0.717) is 17.7 Å². The lowest BCUT2D eigenvalue weighted by Gasteiger charge is -2.20. The average Bonchev–Trinajstić information content (AvgIpc) is 3.11. The summed E-state index contributed by atoms with van der Waals surface area (Å²) in [4.78, 5) is 25.1. The third-order valence-corrected chi connectivity index (χ3v) is 3.15. The van der Waals surface area contributed by atoms with E-state index in [-0.39, 0.29) is 24.1 Å². The zero-order valence-electron chi connectivity index (χ0n) is 10.9. The fourth-order valence-corrected chi connectivity index (χ4v) is 2.12. The van der Waals surface area contributed by atoms with E-state index in [4.69, 9.17) is 9.52 Å². The first-order valence-corrected chi connectivity index (χ1v) is 6.25. The highest BCUT2D eigenvalue weighted by atomic mass is 16.4. The van der Waals surface area contributed by atoms with Gasteiger partial charge in [-0.05, 0) is 19.8 Å². The first kappa shape index (κ1) is 13.4. The minimum Gasteiger partial charge on any atom is -0.481 e. The largest absolute Gasteiger partial charge is 0.481 e. The molecule has 1 saturated carbocycles. The molecule has 19 heavy (non-hydrogen) atoms. The van der Waals surface area contributed by atoms with Crippen molar-refractivity contribution in [3.05, 3.63) is 35.8 Å². The van der Waals surface area contributed by atoms with E-state index in [1.54, 1.807) is 17.9 Å². The van der Waals surface area contributed by atoms with Gasteiger partial charge in [0.2, 0.25) is 0 Å². The van der Waals surface area contributed by atoms with Crippen LogP contribution in [0.3, 0.4) is 0 Å². The van der Waals surface area contributed by atoms with Gasteiger partial charge in [0.25, 0.3) is 5.91 Å². The molecule has 5 heteroatoms. The van der Waals surface area contributed by atoms with Crippen LogP contribution in [0, 0.1) is 6.92 Å². The number of carboxylic acids is 1. The summed E-state index contributed by atoms with van der Waals surface area (Å²) in [5, 5.41) is 8.84. The number of hydrogen-bond donors (Lipinski definition) is 1. The van der Waals surface area contributed by atoms with Crippen LogP contribution in [0.15, 0.2) is 23.3 Å². The maximum Gasteiger partial charge on any atom is 0.311 e. The summed E-state index contributed by atoms with van der Waals surface area (Å²) in [7, 11) is 0. The van der Waals surface area contributed by atoms with Crippen molar-refractivity contribution in [1.29, 1.82) is 0 Å². The van der Waals surface area contributed by atoms with Crippen LogP contribution < -0.4 is 0 Å². The Bertz CT molecular complexity index is 514. The van der Waals surface area contributed by atoms with Gasteiger partial charge in [-0.1, -0.05) is 6.08 Å². The van der Waals surface area contributed by atoms with Gasteiger partial charge in [-0.15, -0.1) is 6.58 Å². The number of nitrogens with zero attached hydrogens (tertiary/aromatic N) is 1. The molecule has 0 unspecified atom stereocenters. The summed E-state index contributed by atoms with van der Waals surface area (Å²) in [6.07, 6.45) is 4.82. The number of hydrogen-bond acceptors (Lipinski definition) is 3. The van der Waals surface area contributed by atoms with Gasteiger partial charge in [0, 0.05) is 18.2 Å². The van der Waals surface area contributed by atoms with E-state index in [1.165, 1.54) is 6.26 Å². The quantitative estimate of drug-likeness (QED) is 0.797. The first-order chi connectivity index (χ1) is 9.04. The van der Waals surface area contributed by atoms with E-state index in [0.717, 1.165) is 12.8 Å². The molecular formula is C14H17NO4. The second kappa shape index (κ2) is 5.30. The van der Waals surface area contributed by atoms with Gasteiger partial charge in [-0.3, -0.25) is 9.59 Å². The van der Waals surface area contributed by atoms with Crippen molar-refractivity contribution in [2.45, 2.75) is 32.2 Å². The number of amides is 1. The molecule has 2 rings (SSSR count). The molecule has 0 saturated heterocycles. The highest BCUT2D eigenvalue weighted by Gasteiger charge is 2.34. The second-order valence-electron chi connectivity index (χ2n) is 4.76. The molecule has 1 aromatic rings. The van der Waals surface area contributed by atoms with E-state index < -0.39 is 5.97 Å². The second-order valence-corrected chi connectivity index (χ2v) is 4.76. The van der Waals surface area contributed by atoms with Crippen molar-refractivity contribution >= 4 is 11.9 Å². The monoisotopic (exact) mass is 263 g/mol. The lowest BCUT2D eigenvalue weighted by molar-refractivity contribution is -0.136. The smallest absolute Gasteiger partial charge is 0.311 e. The minimum atomic E-state index is -1.01. The highest BCUT2D eigenvalue weighted by Crippen LogP contribution is 2.30. The zero-order valence-corrected chi connectivity index (χ0v) is 10.9. The number of rotatable bonds is 6. The van der Waals surface area contributed by atoms with Gasteiger partial charge in [-0.25, -0.2) is 0 Å². The molecule has 1 heterocycles. The normalized spacial score (nSPS) is 14.2. The zero-order chi connectivity index (χ0) is 14.0. The summed E-state index contributed by atoms with van der Waals surface area (Å²) in [6.45, 7) is 5.88. The highest BCUT2D eigenvalue weighted by molar-refractivity contribution is 5.97. The molecule has 1 fully saturated rings. The van der Waals surface area contributed by atoms with Gasteiger partial charge < -0.3 is 14.4 Å². The predicted molar refractivity (Wildman–Crippen MR) is 69.0 cm³/mol.